The van der Waals surface area contributed by atoms with E-state index < -0.39 is 5.78 Å². The smallest absolute Gasteiger partial charge is 0.215 e. The highest BCUT2D eigenvalue weighted by atomic mass is 35.5. The summed E-state index contributed by atoms with van der Waals surface area (Å²) in [7, 11) is 0. The first-order chi connectivity index (χ1) is 9.93. The van der Waals surface area contributed by atoms with Crippen molar-refractivity contribution in [1.82, 2.24) is 0 Å². The Balaban J connectivity index is 2.43. The van der Waals surface area contributed by atoms with Crippen LogP contribution >= 0.6 is 23.2 Å². The lowest BCUT2D eigenvalue weighted by Gasteiger charge is -2.11. The highest BCUT2D eigenvalue weighted by molar-refractivity contribution is 6.57. The van der Waals surface area contributed by atoms with E-state index >= 15 is 0 Å². The fourth-order valence-electron chi connectivity index (χ4n) is 1.81. The topological polar surface area (TPSA) is 58.9 Å². The van der Waals surface area contributed by atoms with Gasteiger partial charge < -0.3 is 9.84 Å². The van der Waals surface area contributed by atoms with Gasteiger partial charge in [-0.05, 0) is 38.1 Å². The lowest BCUT2D eigenvalue weighted by Crippen LogP contribution is -2.07. The predicted octanol–water partition coefficient (Wildman–Crippen LogP) is 4.00. The molecule has 1 aliphatic rings. The number of carbonyl (C=O) groups is 1. The molecule has 1 aliphatic carbocycles. The average molecular weight is 326 g/mol. The number of ether oxygens (including phenoxy) is 1. The van der Waals surface area contributed by atoms with Crippen molar-refractivity contribution < 1.29 is 14.6 Å². The van der Waals surface area contributed by atoms with E-state index in [1.54, 1.807) is 19.1 Å². The Hall–Kier alpha value is -1.78. The van der Waals surface area contributed by atoms with E-state index in [1.165, 1.54) is 12.2 Å². The summed E-state index contributed by atoms with van der Waals surface area (Å²) in [4.78, 5) is 15.8. The van der Waals surface area contributed by atoms with Crippen molar-refractivity contribution in [2.24, 2.45) is 4.99 Å². The highest BCUT2D eigenvalue weighted by Crippen LogP contribution is 2.36. The summed E-state index contributed by atoms with van der Waals surface area (Å²) in [6.07, 6.45) is 2.87. The molecule has 1 N–H and O–H groups in total. The highest BCUT2D eigenvalue weighted by Gasteiger charge is 2.18. The van der Waals surface area contributed by atoms with Gasteiger partial charge in [0.15, 0.2) is 11.5 Å². The number of carbonyl (C=O) groups excluding carboxylic acids is 1. The minimum absolute atomic E-state index is 0.00839. The molecule has 110 valence electrons. The van der Waals surface area contributed by atoms with Crippen LogP contribution in [-0.4, -0.2) is 23.2 Å². The molecular weight excluding hydrogens is 313 g/mol. The molecule has 0 saturated heterocycles. The van der Waals surface area contributed by atoms with Crippen molar-refractivity contribution in [1.29, 1.82) is 0 Å². The molecule has 0 heterocycles. The van der Waals surface area contributed by atoms with Crippen LogP contribution in [0.2, 0.25) is 0 Å². The zero-order valence-corrected chi connectivity index (χ0v) is 13.0. The number of nitrogens with zero attached hydrogens (tertiary/aromatic N) is 1. The van der Waals surface area contributed by atoms with Crippen LogP contribution in [0.1, 0.15) is 12.5 Å². The third-order valence-corrected chi connectivity index (χ3v) is 3.46. The standard InChI is InChI=1S/C15H13Cl2NO3/c1-3-21-13-5-4-12(8(2)14(13)19)18-9-6-10(16)15(20)11(17)7-9/h4-7,19H,3H2,1-2H3. The Labute approximate surface area is 132 Å². The number of allylic oxidation sites excluding steroid dienone is 4. The second-order valence-electron chi connectivity index (χ2n) is 4.34. The van der Waals surface area contributed by atoms with Gasteiger partial charge in [-0.3, -0.25) is 4.79 Å². The number of phenolic OH excluding ortho intramolecular Hbond substituents is 1. The first-order valence-corrected chi connectivity index (χ1v) is 7.02. The molecule has 0 spiro atoms. The van der Waals surface area contributed by atoms with Gasteiger partial charge in [0.1, 0.15) is 0 Å². The monoisotopic (exact) mass is 325 g/mol. The van der Waals surface area contributed by atoms with Crippen LogP contribution in [0.25, 0.3) is 0 Å². The maximum Gasteiger partial charge on any atom is 0.215 e. The summed E-state index contributed by atoms with van der Waals surface area (Å²) in [5.41, 5.74) is 1.55. The third kappa shape index (κ3) is 3.28. The van der Waals surface area contributed by atoms with Gasteiger partial charge in [0.2, 0.25) is 5.78 Å². The van der Waals surface area contributed by atoms with E-state index in [0.717, 1.165) is 0 Å². The van der Waals surface area contributed by atoms with Crippen molar-refractivity contribution in [2.75, 3.05) is 6.61 Å². The van der Waals surface area contributed by atoms with Crippen LogP contribution in [0.3, 0.4) is 0 Å². The zero-order chi connectivity index (χ0) is 15.6. The maximum absolute atomic E-state index is 11.4. The molecule has 0 aromatic heterocycles. The van der Waals surface area contributed by atoms with Crippen LogP contribution < -0.4 is 4.74 Å². The summed E-state index contributed by atoms with van der Waals surface area (Å²) >= 11 is 11.6. The van der Waals surface area contributed by atoms with Crippen LogP contribution in [0.15, 0.2) is 39.3 Å². The number of hydrogen-bond donors (Lipinski definition) is 1. The van der Waals surface area contributed by atoms with Crippen molar-refractivity contribution in [3.8, 4) is 11.5 Å². The number of benzene rings is 1. The summed E-state index contributed by atoms with van der Waals surface area (Å²) in [6.45, 7) is 4.02. The Bertz CT molecular complexity index is 666. The molecule has 0 bridgehead atoms. The molecule has 21 heavy (non-hydrogen) atoms. The molecule has 0 unspecified atom stereocenters. The lowest BCUT2D eigenvalue weighted by atomic mass is 10.1. The first-order valence-electron chi connectivity index (χ1n) is 6.27. The number of phenols is 1. The van der Waals surface area contributed by atoms with E-state index in [9.17, 15) is 9.90 Å². The molecule has 1 aromatic carbocycles. The predicted molar refractivity (Wildman–Crippen MR) is 84.0 cm³/mol. The molecule has 4 nitrogen and oxygen atoms in total. The van der Waals surface area contributed by atoms with Gasteiger partial charge in [0.25, 0.3) is 0 Å². The summed E-state index contributed by atoms with van der Waals surface area (Å²) in [5, 5.41) is 10.1. The second kappa shape index (κ2) is 6.33. The van der Waals surface area contributed by atoms with Crippen LogP contribution in [0.5, 0.6) is 11.5 Å². The molecule has 0 atom stereocenters. The summed E-state index contributed by atoms with van der Waals surface area (Å²) in [6, 6.07) is 3.35. The van der Waals surface area contributed by atoms with Gasteiger partial charge in [-0.1, -0.05) is 23.2 Å². The molecule has 0 amide bonds. The van der Waals surface area contributed by atoms with Crippen LogP contribution in [0, 0.1) is 6.92 Å². The van der Waals surface area contributed by atoms with E-state index in [0.29, 0.717) is 29.3 Å². The molecule has 1 aromatic rings. The van der Waals surface area contributed by atoms with E-state index in [4.69, 9.17) is 27.9 Å². The van der Waals surface area contributed by atoms with Gasteiger partial charge in [-0.15, -0.1) is 0 Å². The zero-order valence-electron chi connectivity index (χ0n) is 11.5. The minimum Gasteiger partial charge on any atom is -0.504 e. The fourth-order valence-corrected chi connectivity index (χ4v) is 2.28. The average Bonchev–Trinajstić information content (AvgIpc) is 2.44. The largest absolute Gasteiger partial charge is 0.504 e. The molecule has 0 saturated carbocycles. The molecule has 2 rings (SSSR count). The number of ketones is 1. The number of hydrogen-bond acceptors (Lipinski definition) is 4. The van der Waals surface area contributed by atoms with Gasteiger partial charge >= 0.3 is 0 Å². The van der Waals surface area contributed by atoms with Gasteiger partial charge in [0, 0.05) is 5.56 Å². The third-order valence-electron chi connectivity index (χ3n) is 2.90. The summed E-state index contributed by atoms with van der Waals surface area (Å²) in [5.74, 6) is 0.0132. The quantitative estimate of drug-likeness (QED) is 0.854. The molecule has 6 heteroatoms. The normalized spacial score (nSPS) is 14.7. The number of aromatic hydroxyl groups is 1. The summed E-state index contributed by atoms with van der Waals surface area (Å²) < 4.78 is 5.30. The maximum atomic E-state index is 11.4. The molecule has 0 aliphatic heterocycles. The number of halogens is 2. The van der Waals surface area contributed by atoms with Gasteiger partial charge in [-0.25, -0.2) is 4.99 Å². The number of rotatable bonds is 3. The van der Waals surface area contributed by atoms with Gasteiger partial charge in [-0.2, -0.15) is 0 Å². The van der Waals surface area contributed by atoms with E-state index in [1.807, 2.05) is 6.92 Å². The van der Waals surface area contributed by atoms with Gasteiger partial charge in [0.05, 0.1) is 28.1 Å². The SMILES string of the molecule is CCOc1ccc(N=C2C=C(Cl)C(=O)C(Cl)=C2)c(C)c1O. The Morgan fingerprint density at radius 2 is 1.86 bits per heavy atom. The molecular formula is C15H13Cl2NO3. The Kier molecular flexibility index (Phi) is 4.70. The van der Waals surface area contributed by atoms with Crippen LogP contribution in [-0.2, 0) is 4.79 Å². The number of aliphatic imine (C=N–C) groups is 1. The van der Waals surface area contributed by atoms with Crippen LogP contribution in [0.4, 0.5) is 5.69 Å². The van der Waals surface area contributed by atoms with Crippen molar-refractivity contribution in [3.63, 3.8) is 0 Å². The Morgan fingerprint density at radius 1 is 1.24 bits per heavy atom. The van der Waals surface area contributed by atoms with E-state index in [2.05, 4.69) is 4.99 Å². The lowest BCUT2D eigenvalue weighted by molar-refractivity contribution is -0.111. The van der Waals surface area contributed by atoms with E-state index in [-0.39, 0.29) is 15.8 Å². The Morgan fingerprint density at radius 3 is 2.43 bits per heavy atom. The molecule has 0 radical (unpaired) electrons. The molecule has 0 fully saturated rings. The number of Topliss-reactive ketones (excluding diaryl/α,β-unsaturated/α-hetero) is 1. The van der Waals surface area contributed by atoms with Crippen molar-refractivity contribution in [3.05, 3.63) is 39.9 Å². The van der Waals surface area contributed by atoms with Crippen molar-refractivity contribution in [2.45, 2.75) is 13.8 Å². The minimum atomic E-state index is -0.427. The second-order valence-corrected chi connectivity index (χ2v) is 5.15. The fraction of sp³-hybridized carbons (Fsp3) is 0.200. The first kappa shape index (κ1) is 15.6. The van der Waals surface area contributed by atoms with Crippen molar-refractivity contribution >= 4 is 40.4 Å².